The Hall–Kier alpha value is -1.39. The largest absolute Gasteiger partial charge is 0.378 e. The molecule has 23 heavy (non-hydrogen) atoms. The molecule has 2 heterocycles. The Labute approximate surface area is 138 Å². The van der Waals surface area contributed by atoms with Gasteiger partial charge in [0.05, 0.1) is 25.3 Å². The van der Waals surface area contributed by atoms with E-state index in [1.165, 1.54) is 24.0 Å². The third-order valence-electron chi connectivity index (χ3n) is 5.62. The van der Waals surface area contributed by atoms with Crippen molar-refractivity contribution in [3.8, 4) is 0 Å². The quantitative estimate of drug-likeness (QED) is 0.921. The second-order valence-corrected chi connectivity index (χ2v) is 7.27. The second-order valence-electron chi connectivity index (χ2n) is 7.27. The number of rotatable bonds is 4. The zero-order chi connectivity index (χ0) is 15.6. The van der Waals surface area contributed by atoms with Crippen LogP contribution in [0.25, 0.3) is 0 Å². The molecule has 3 aliphatic rings. The Morgan fingerprint density at radius 1 is 1.13 bits per heavy atom. The maximum absolute atomic E-state index is 12.5. The molecule has 1 aromatic carbocycles. The van der Waals surface area contributed by atoms with Crippen LogP contribution in [0.3, 0.4) is 0 Å². The molecule has 4 heteroatoms. The maximum Gasteiger partial charge on any atom is 0.220 e. The summed E-state index contributed by atoms with van der Waals surface area (Å²) in [6.45, 7) is 3.73. The van der Waals surface area contributed by atoms with Crippen LogP contribution < -0.4 is 5.32 Å². The van der Waals surface area contributed by atoms with Crippen molar-refractivity contribution in [1.29, 1.82) is 0 Å². The molecule has 0 unspecified atom stereocenters. The van der Waals surface area contributed by atoms with Gasteiger partial charge < -0.3 is 10.1 Å². The number of carbonyl (C=O) groups is 1. The van der Waals surface area contributed by atoms with E-state index < -0.39 is 0 Å². The average Bonchev–Trinajstić information content (AvgIpc) is 3.26. The van der Waals surface area contributed by atoms with Crippen molar-refractivity contribution in [1.82, 2.24) is 10.2 Å². The number of likely N-dealkylation sites (tertiary alicyclic amines) is 1. The normalized spacial score (nSPS) is 28.2. The molecule has 1 amide bonds. The zero-order valence-electron chi connectivity index (χ0n) is 13.7. The van der Waals surface area contributed by atoms with Crippen molar-refractivity contribution in [2.24, 2.45) is 5.92 Å². The molecule has 124 valence electrons. The Bertz CT molecular complexity index is 543. The molecule has 2 fully saturated rings. The zero-order valence-corrected chi connectivity index (χ0v) is 13.7. The van der Waals surface area contributed by atoms with Gasteiger partial charge >= 0.3 is 0 Å². The third-order valence-corrected chi connectivity index (χ3v) is 5.62. The van der Waals surface area contributed by atoms with Gasteiger partial charge in [-0.1, -0.05) is 24.3 Å². The first kappa shape index (κ1) is 15.2. The number of nitrogens with one attached hydrogen (secondary N) is 1. The summed E-state index contributed by atoms with van der Waals surface area (Å²) in [4.78, 5) is 15.0. The third kappa shape index (κ3) is 3.29. The summed E-state index contributed by atoms with van der Waals surface area (Å²) >= 11 is 0. The van der Waals surface area contributed by atoms with Gasteiger partial charge in [-0.15, -0.1) is 0 Å². The molecule has 2 atom stereocenters. The molecule has 0 bridgehead atoms. The first-order valence-corrected chi connectivity index (χ1v) is 8.97. The van der Waals surface area contributed by atoms with Crippen molar-refractivity contribution in [3.05, 3.63) is 35.4 Å². The van der Waals surface area contributed by atoms with Crippen LogP contribution in [0.15, 0.2) is 24.3 Å². The number of hydrogen-bond acceptors (Lipinski definition) is 3. The van der Waals surface area contributed by atoms with Gasteiger partial charge in [0.25, 0.3) is 0 Å². The maximum atomic E-state index is 12.5. The first-order valence-electron chi connectivity index (χ1n) is 8.97. The lowest BCUT2D eigenvalue weighted by Gasteiger charge is -2.28. The minimum absolute atomic E-state index is 0.171. The highest BCUT2D eigenvalue weighted by Gasteiger charge is 2.35. The highest BCUT2D eigenvalue weighted by Crippen LogP contribution is 2.28. The van der Waals surface area contributed by atoms with Gasteiger partial charge in [-0.3, -0.25) is 9.69 Å². The van der Waals surface area contributed by atoms with Gasteiger partial charge in [-0.05, 0) is 55.8 Å². The molecule has 0 radical (unpaired) electrons. The summed E-state index contributed by atoms with van der Waals surface area (Å²) in [5.41, 5.74) is 2.84. The first-order chi connectivity index (χ1) is 11.3. The Kier molecular flexibility index (Phi) is 4.36. The SMILES string of the molecule is O=C(CC1Cc2ccccc2C1)N[C@H]1COC[C@@H]1N1CCCC1. The lowest BCUT2D eigenvalue weighted by molar-refractivity contribution is -0.123. The van der Waals surface area contributed by atoms with E-state index in [1.54, 1.807) is 0 Å². The van der Waals surface area contributed by atoms with E-state index in [4.69, 9.17) is 4.74 Å². The number of hydrogen-bond donors (Lipinski definition) is 1. The van der Waals surface area contributed by atoms with Gasteiger partial charge in [0, 0.05) is 6.42 Å². The topological polar surface area (TPSA) is 41.6 Å². The highest BCUT2D eigenvalue weighted by atomic mass is 16.5. The average molecular weight is 314 g/mol. The number of nitrogens with zero attached hydrogens (tertiary/aromatic N) is 1. The van der Waals surface area contributed by atoms with Gasteiger partial charge in [0.2, 0.25) is 5.91 Å². The van der Waals surface area contributed by atoms with Crippen LogP contribution in [0.1, 0.15) is 30.4 Å². The van der Waals surface area contributed by atoms with Crippen LogP contribution in [0.4, 0.5) is 0 Å². The summed E-state index contributed by atoms with van der Waals surface area (Å²) in [5, 5.41) is 3.25. The Balaban J connectivity index is 1.30. The minimum Gasteiger partial charge on any atom is -0.378 e. The van der Waals surface area contributed by atoms with E-state index in [2.05, 4.69) is 34.5 Å². The monoisotopic (exact) mass is 314 g/mol. The number of benzene rings is 1. The van der Waals surface area contributed by atoms with Crippen LogP contribution in [0.2, 0.25) is 0 Å². The van der Waals surface area contributed by atoms with Crippen molar-refractivity contribution in [2.45, 2.75) is 44.2 Å². The van der Waals surface area contributed by atoms with E-state index in [1.807, 2.05) is 0 Å². The summed E-state index contributed by atoms with van der Waals surface area (Å²) in [5.74, 6) is 0.655. The van der Waals surface area contributed by atoms with E-state index in [0.717, 1.165) is 32.5 Å². The van der Waals surface area contributed by atoms with Gasteiger partial charge in [0.15, 0.2) is 0 Å². The number of amides is 1. The molecule has 1 N–H and O–H groups in total. The van der Waals surface area contributed by atoms with Crippen molar-refractivity contribution < 1.29 is 9.53 Å². The molecule has 4 rings (SSSR count). The van der Waals surface area contributed by atoms with E-state index in [-0.39, 0.29) is 11.9 Å². The molecule has 2 aliphatic heterocycles. The molecular formula is C19H26N2O2. The fraction of sp³-hybridized carbons (Fsp3) is 0.632. The predicted molar refractivity (Wildman–Crippen MR) is 89.3 cm³/mol. The predicted octanol–water partition coefficient (Wildman–Crippen LogP) is 1.77. The molecule has 0 spiro atoms. The van der Waals surface area contributed by atoms with Crippen LogP contribution in [0.5, 0.6) is 0 Å². The van der Waals surface area contributed by atoms with Crippen LogP contribution in [-0.2, 0) is 22.4 Å². The molecule has 2 saturated heterocycles. The standard InChI is InChI=1S/C19H26N2O2/c22-19(11-14-9-15-5-1-2-6-16(15)10-14)20-17-12-23-13-18(17)21-7-3-4-8-21/h1-2,5-6,14,17-18H,3-4,7-13H2,(H,20,22)/t17-,18-/m0/s1. The lowest BCUT2D eigenvalue weighted by Crippen LogP contribution is -2.50. The minimum atomic E-state index is 0.171. The Morgan fingerprint density at radius 3 is 2.52 bits per heavy atom. The fourth-order valence-electron chi connectivity index (χ4n) is 4.44. The van der Waals surface area contributed by atoms with Crippen molar-refractivity contribution in [2.75, 3.05) is 26.3 Å². The molecule has 0 aromatic heterocycles. The van der Waals surface area contributed by atoms with Crippen molar-refractivity contribution >= 4 is 5.91 Å². The van der Waals surface area contributed by atoms with E-state index in [0.29, 0.717) is 25.0 Å². The van der Waals surface area contributed by atoms with Gasteiger partial charge in [0.1, 0.15) is 0 Å². The fourth-order valence-corrected chi connectivity index (χ4v) is 4.44. The summed E-state index contributed by atoms with van der Waals surface area (Å²) < 4.78 is 5.65. The lowest BCUT2D eigenvalue weighted by atomic mass is 10.0. The molecule has 4 nitrogen and oxygen atoms in total. The van der Waals surface area contributed by atoms with Crippen LogP contribution >= 0.6 is 0 Å². The second kappa shape index (κ2) is 6.62. The number of carbonyl (C=O) groups excluding carboxylic acids is 1. The van der Waals surface area contributed by atoms with Crippen molar-refractivity contribution in [3.63, 3.8) is 0 Å². The van der Waals surface area contributed by atoms with E-state index in [9.17, 15) is 4.79 Å². The summed E-state index contributed by atoms with van der Waals surface area (Å²) in [6, 6.07) is 9.13. The number of ether oxygens (including phenoxy) is 1. The molecule has 1 aliphatic carbocycles. The van der Waals surface area contributed by atoms with Gasteiger partial charge in [-0.2, -0.15) is 0 Å². The summed E-state index contributed by atoms with van der Waals surface area (Å²) in [7, 11) is 0. The van der Waals surface area contributed by atoms with Gasteiger partial charge in [-0.25, -0.2) is 0 Å². The highest BCUT2D eigenvalue weighted by molar-refractivity contribution is 5.77. The molecule has 1 aromatic rings. The number of fused-ring (bicyclic) bond motifs is 1. The summed E-state index contributed by atoms with van der Waals surface area (Å²) in [6.07, 6.45) is 5.27. The van der Waals surface area contributed by atoms with Crippen LogP contribution in [0, 0.1) is 5.92 Å². The van der Waals surface area contributed by atoms with Crippen LogP contribution in [-0.4, -0.2) is 49.2 Å². The molecule has 0 saturated carbocycles. The Morgan fingerprint density at radius 2 is 1.83 bits per heavy atom. The molecular weight excluding hydrogens is 288 g/mol. The van der Waals surface area contributed by atoms with E-state index >= 15 is 0 Å². The smallest absolute Gasteiger partial charge is 0.220 e.